The number of rotatable bonds is 12. The van der Waals surface area contributed by atoms with Gasteiger partial charge in [-0.1, -0.05) is 27.7 Å². The molecule has 7 nitrogen and oxygen atoms in total. The number of carbonyl (C=O) groups excluding carboxylic acids is 2. The molecule has 7 heteroatoms. The van der Waals surface area contributed by atoms with Gasteiger partial charge < -0.3 is 19.9 Å². The fourth-order valence-corrected chi connectivity index (χ4v) is 2.56. The molecule has 2 N–H and O–H groups in total. The molecule has 0 spiro atoms. The lowest BCUT2D eigenvalue weighted by molar-refractivity contribution is -0.172. The molecule has 0 aromatic carbocycles. The van der Waals surface area contributed by atoms with Gasteiger partial charge in [0.2, 0.25) is 0 Å². The zero-order chi connectivity index (χ0) is 19.4. The Kier molecular flexibility index (Phi) is 11.7. The highest BCUT2D eigenvalue weighted by atomic mass is 16.7. The third kappa shape index (κ3) is 13.2. The van der Waals surface area contributed by atoms with Crippen molar-refractivity contribution < 1.29 is 29.0 Å². The van der Waals surface area contributed by atoms with Crippen molar-refractivity contribution in [2.45, 2.75) is 73.0 Å². The van der Waals surface area contributed by atoms with E-state index in [1.54, 1.807) is 13.8 Å². The summed E-state index contributed by atoms with van der Waals surface area (Å²) in [5.41, 5.74) is 0. The van der Waals surface area contributed by atoms with E-state index < -0.39 is 24.3 Å². The first-order chi connectivity index (χ1) is 11.6. The summed E-state index contributed by atoms with van der Waals surface area (Å²) >= 11 is 0. The number of carboxylic acids is 1. The van der Waals surface area contributed by atoms with Crippen molar-refractivity contribution in [1.29, 1.82) is 0 Å². The maximum Gasteiger partial charge on any atom is 0.410 e. The van der Waals surface area contributed by atoms with E-state index in [-0.39, 0.29) is 12.3 Å². The van der Waals surface area contributed by atoms with Gasteiger partial charge in [-0.25, -0.2) is 4.79 Å². The molecule has 1 amide bonds. The predicted octanol–water partition coefficient (Wildman–Crippen LogP) is 3.57. The van der Waals surface area contributed by atoms with Crippen LogP contribution in [0.2, 0.25) is 0 Å². The maximum atomic E-state index is 11.8. The fraction of sp³-hybridized carbons (Fsp3) is 0.833. The van der Waals surface area contributed by atoms with Gasteiger partial charge in [-0.15, -0.1) is 0 Å². The number of esters is 1. The van der Waals surface area contributed by atoms with Crippen LogP contribution in [0.3, 0.4) is 0 Å². The highest BCUT2D eigenvalue weighted by Gasteiger charge is 2.21. The summed E-state index contributed by atoms with van der Waals surface area (Å²) < 4.78 is 10.0. The lowest BCUT2D eigenvalue weighted by Gasteiger charge is -2.21. The molecule has 0 heterocycles. The van der Waals surface area contributed by atoms with Crippen LogP contribution in [-0.4, -0.2) is 36.0 Å². The largest absolute Gasteiger partial charge is 0.481 e. The Morgan fingerprint density at radius 3 is 2.16 bits per heavy atom. The Bertz CT molecular complexity index is 422. The van der Waals surface area contributed by atoms with Crippen LogP contribution in [0.1, 0.15) is 66.7 Å². The summed E-state index contributed by atoms with van der Waals surface area (Å²) in [7, 11) is 0. The van der Waals surface area contributed by atoms with E-state index in [0.29, 0.717) is 24.8 Å². The van der Waals surface area contributed by atoms with Crippen molar-refractivity contribution in [3.05, 3.63) is 0 Å². The molecular formula is C18H33NO6. The normalized spacial score (nSPS) is 13.4. The van der Waals surface area contributed by atoms with Gasteiger partial charge in [-0.2, -0.15) is 0 Å². The van der Waals surface area contributed by atoms with Gasteiger partial charge in [0.15, 0.2) is 0 Å². The predicted molar refractivity (Wildman–Crippen MR) is 93.9 cm³/mol. The second-order valence-corrected chi connectivity index (χ2v) is 7.12. The smallest absolute Gasteiger partial charge is 0.410 e. The number of hydrogen-bond donors (Lipinski definition) is 2. The molecule has 0 rings (SSSR count). The number of ether oxygens (including phenoxy) is 2. The van der Waals surface area contributed by atoms with E-state index in [9.17, 15) is 14.4 Å². The van der Waals surface area contributed by atoms with Gasteiger partial charge in [0.1, 0.15) is 0 Å². The first kappa shape index (κ1) is 23.2. The van der Waals surface area contributed by atoms with Crippen LogP contribution in [0.15, 0.2) is 0 Å². The van der Waals surface area contributed by atoms with E-state index in [0.717, 1.165) is 19.3 Å². The van der Waals surface area contributed by atoms with Gasteiger partial charge in [-0.3, -0.25) is 9.59 Å². The third-order valence-corrected chi connectivity index (χ3v) is 3.68. The standard InChI is InChI=1S/C18H33NO6/c1-12(2)11-15(8-9-16(21)22)7-6-10-19-18(23)25-17(13(3)4)24-14(5)20/h12-13,15,17H,6-11H2,1-5H3,(H,19,23)(H,21,22)/t15-,17+/m1/s1. The summed E-state index contributed by atoms with van der Waals surface area (Å²) in [5.74, 6) is -0.575. The van der Waals surface area contributed by atoms with E-state index in [1.165, 1.54) is 6.92 Å². The summed E-state index contributed by atoms with van der Waals surface area (Å²) in [6.45, 7) is 9.52. The molecule has 0 saturated heterocycles. The van der Waals surface area contributed by atoms with Crippen molar-refractivity contribution in [1.82, 2.24) is 5.32 Å². The molecule has 0 bridgehead atoms. The SMILES string of the molecule is CC(=O)O[C@@H](OC(=O)NCCC[C@H](CCC(=O)O)CC(C)C)C(C)C. The van der Waals surface area contributed by atoms with Gasteiger partial charge in [0.25, 0.3) is 6.29 Å². The average molecular weight is 359 g/mol. The molecule has 0 aromatic rings. The monoisotopic (exact) mass is 359 g/mol. The zero-order valence-electron chi connectivity index (χ0n) is 16.0. The molecule has 25 heavy (non-hydrogen) atoms. The highest BCUT2D eigenvalue weighted by molar-refractivity contribution is 5.68. The quantitative estimate of drug-likeness (QED) is 0.314. The lowest BCUT2D eigenvalue weighted by Crippen LogP contribution is -2.34. The second-order valence-electron chi connectivity index (χ2n) is 7.12. The van der Waals surface area contributed by atoms with Crippen molar-refractivity contribution in [3.8, 4) is 0 Å². The number of amides is 1. The molecule has 0 aliphatic heterocycles. The van der Waals surface area contributed by atoms with E-state index in [2.05, 4.69) is 19.2 Å². The van der Waals surface area contributed by atoms with Crippen LogP contribution in [0.25, 0.3) is 0 Å². The second kappa shape index (κ2) is 12.6. The zero-order valence-corrected chi connectivity index (χ0v) is 16.0. The molecule has 0 fully saturated rings. The van der Waals surface area contributed by atoms with E-state index in [1.807, 2.05) is 0 Å². The maximum absolute atomic E-state index is 11.8. The van der Waals surface area contributed by atoms with Gasteiger partial charge in [0, 0.05) is 25.8 Å². The minimum Gasteiger partial charge on any atom is -0.481 e. The number of carbonyl (C=O) groups is 3. The molecule has 0 radical (unpaired) electrons. The van der Waals surface area contributed by atoms with Crippen molar-refractivity contribution in [3.63, 3.8) is 0 Å². The summed E-state index contributed by atoms with van der Waals surface area (Å²) in [6.07, 6.45) is 1.87. The Hall–Kier alpha value is -1.79. The third-order valence-electron chi connectivity index (χ3n) is 3.68. The van der Waals surface area contributed by atoms with E-state index in [4.69, 9.17) is 14.6 Å². The molecule has 0 unspecified atom stereocenters. The van der Waals surface area contributed by atoms with Crippen LogP contribution < -0.4 is 5.32 Å². The topological polar surface area (TPSA) is 102 Å². The molecule has 2 atom stereocenters. The van der Waals surface area contributed by atoms with Crippen molar-refractivity contribution in [2.24, 2.45) is 17.8 Å². The molecule has 146 valence electrons. The van der Waals surface area contributed by atoms with Crippen LogP contribution in [0.4, 0.5) is 4.79 Å². The van der Waals surface area contributed by atoms with Crippen LogP contribution in [0, 0.1) is 17.8 Å². The first-order valence-corrected chi connectivity index (χ1v) is 8.95. The molecule has 0 aromatic heterocycles. The number of aliphatic carboxylic acids is 1. The Balaban J connectivity index is 4.17. The number of hydrogen-bond acceptors (Lipinski definition) is 5. The van der Waals surface area contributed by atoms with Gasteiger partial charge in [-0.05, 0) is 37.5 Å². The summed E-state index contributed by atoms with van der Waals surface area (Å²) in [5, 5.41) is 11.5. The Morgan fingerprint density at radius 2 is 1.68 bits per heavy atom. The highest BCUT2D eigenvalue weighted by Crippen LogP contribution is 2.22. The summed E-state index contributed by atoms with van der Waals surface area (Å²) in [4.78, 5) is 33.5. The fourth-order valence-electron chi connectivity index (χ4n) is 2.56. The van der Waals surface area contributed by atoms with Crippen LogP contribution >= 0.6 is 0 Å². The Labute approximate surface area is 150 Å². The van der Waals surface area contributed by atoms with Crippen LogP contribution in [-0.2, 0) is 19.1 Å². The number of nitrogens with one attached hydrogen (secondary N) is 1. The average Bonchev–Trinajstić information content (AvgIpc) is 2.47. The first-order valence-electron chi connectivity index (χ1n) is 8.95. The van der Waals surface area contributed by atoms with Crippen molar-refractivity contribution in [2.75, 3.05) is 6.54 Å². The Morgan fingerprint density at radius 1 is 1.04 bits per heavy atom. The molecule has 0 saturated carbocycles. The molecule has 0 aliphatic rings. The summed E-state index contributed by atoms with van der Waals surface area (Å²) in [6, 6.07) is 0. The molecular weight excluding hydrogens is 326 g/mol. The van der Waals surface area contributed by atoms with E-state index >= 15 is 0 Å². The van der Waals surface area contributed by atoms with Crippen molar-refractivity contribution >= 4 is 18.0 Å². The van der Waals surface area contributed by atoms with Gasteiger partial charge >= 0.3 is 18.0 Å². The minimum atomic E-state index is -0.901. The molecule has 0 aliphatic carbocycles. The lowest BCUT2D eigenvalue weighted by atomic mass is 9.89. The minimum absolute atomic E-state index is 0.138. The van der Waals surface area contributed by atoms with Crippen LogP contribution in [0.5, 0.6) is 0 Å². The number of carboxylic acid groups (broad SMARTS) is 1. The number of alkyl carbamates (subject to hydrolysis) is 1. The van der Waals surface area contributed by atoms with Gasteiger partial charge in [0.05, 0.1) is 0 Å².